The van der Waals surface area contributed by atoms with Gasteiger partial charge in [0.2, 0.25) is 0 Å². The van der Waals surface area contributed by atoms with E-state index in [2.05, 4.69) is 79.2 Å². The molecule has 5 nitrogen and oxygen atoms in total. The molecule has 2 aromatic carbocycles. The summed E-state index contributed by atoms with van der Waals surface area (Å²) in [6.45, 7) is 7.75. The summed E-state index contributed by atoms with van der Waals surface area (Å²) in [5.41, 5.74) is 5.35. The molecule has 1 aromatic heterocycles. The van der Waals surface area contributed by atoms with Crippen molar-refractivity contribution < 1.29 is 9.53 Å². The number of carbonyl (C=O) groups excluding carboxylic acids is 1. The molecule has 1 saturated heterocycles. The van der Waals surface area contributed by atoms with Crippen molar-refractivity contribution in [3.63, 3.8) is 0 Å². The molecule has 1 fully saturated rings. The van der Waals surface area contributed by atoms with Gasteiger partial charge in [-0.3, -0.25) is 9.69 Å². The molecule has 0 N–H and O–H groups in total. The van der Waals surface area contributed by atoms with Gasteiger partial charge in [-0.1, -0.05) is 42.5 Å². The fourth-order valence-corrected chi connectivity index (χ4v) is 5.20. The molecule has 34 heavy (non-hydrogen) atoms. The number of benzene rings is 2. The molecular weight excluding hydrogens is 422 g/mol. The lowest BCUT2D eigenvalue weighted by atomic mass is 9.99. The summed E-state index contributed by atoms with van der Waals surface area (Å²) < 4.78 is 6.33. The first-order valence-corrected chi connectivity index (χ1v) is 12.3. The number of aryl methyl sites for hydroxylation is 1. The van der Waals surface area contributed by atoms with Crippen LogP contribution in [-0.4, -0.2) is 44.9 Å². The van der Waals surface area contributed by atoms with Crippen molar-refractivity contribution >= 4 is 5.78 Å². The van der Waals surface area contributed by atoms with Crippen molar-refractivity contribution in [2.75, 3.05) is 6.54 Å². The van der Waals surface area contributed by atoms with Gasteiger partial charge in [-0.05, 0) is 62.4 Å². The molecule has 176 valence electrons. The second-order valence-electron chi connectivity index (χ2n) is 10.5. The van der Waals surface area contributed by atoms with Gasteiger partial charge >= 0.3 is 0 Å². The van der Waals surface area contributed by atoms with E-state index < -0.39 is 0 Å². The fraction of sp³-hybridized carbons (Fsp3) is 0.414. The van der Waals surface area contributed by atoms with Crippen LogP contribution < -0.4 is 0 Å². The lowest BCUT2D eigenvalue weighted by Crippen LogP contribution is -2.36. The Kier molecular flexibility index (Phi) is 6.32. The molecule has 0 unspecified atom stereocenters. The molecule has 0 radical (unpaired) electrons. The van der Waals surface area contributed by atoms with Crippen molar-refractivity contribution in [2.24, 2.45) is 0 Å². The van der Waals surface area contributed by atoms with Crippen LogP contribution in [0.2, 0.25) is 0 Å². The van der Waals surface area contributed by atoms with Gasteiger partial charge in [0.15, 0.2) is 0 Å². The van der Waals surface area contributed by atoms with E-state index in [1.807, 2.05) is 12.3 Å². The van der Waals surface area contributed by atoms with Crippen LogP contribution in [0.4, 0.5) is 0 Å². The highest BCUT2D eigenvalue weighted by Crippen LogP contribution is 2.29. The molecule has 0 amide bonds. The highest BCUT2D eigenvalue weighted by Gasteiger charge is 2.38. The molecule has 0 saturated carbocycles. The third-order valence-electron chi connectivity index (χ3n) is 6.69. The van der Waals surface area contributed by atoms with Crippen LogP contribution in [-0.2, 0) is 28.9 Å². The molecule has 2 atom stereocenters. The van der Waals surface area contributed by atoms with E-state index in [0.717, 1.165) is 48.6 Å². The normalized spacial score (nSPS) is 21.3. The van der Waals surface area contributed by atoms with E-state index >= 15 is 0 Å². The summed E-state index contributed by atoms with van der Waals surface area (Å²) in [6.07, 6.45) is 4.59. The maximum atomic E-state index is 13.5. The van der Waals surface area contributed by atoms with E-state index in [0.29, 0.717) is 18.6 Å². The molecule has 2 aliphatic rings. The van der Waals surface area contributed by atoms with Crippen molar-refractivity contribution in [2.45, 2.75) is 70.7 Å². The maximum absolute atomic E-state index is 13.5. The second-order valence-corrected chi connectivity index (χ2v) is 10.5. The number of rotatable bonds is 1. The fourth-order valence-electron chi connectivity index (χ4n) is 5.20. The standard InChI is InChI=1S/C29H33N3O2/c1-29(2,3)34-24-17-26-27(33)12-11-20-7-6-10-22(15-20)25-13-14-30-28(31-25)16-21-8-4-5-9-23(21)18-32(26)19-24/h4-10,13-15,24,26H,11-12,16-19H2,1-3H3/t24-,26-/m1/s1. The molecule has 5 rings (SSSR count). The van der Waals surface area contributed by atoms with Crippen molar-refractivity contribution in [1.82, 2.24) is 14.9 Å². The molecule has 0 spiro atoms. The van der Waals surface area contributed by atoms with Gasteiger partial charge in [0.1, 0.15) is 11.6 Å². The molecule has 4 bridgehead atoms. The number of ether oxygens (including phenoxy) is 1. The molecule has 0 aliphatic carbocycles. The van der Waals surface area contributed by atoms with Crippen LogP contribution in [0, 0.1) is 0 Å². The Morgan fingerprint density at radius 1 is 1.00 bits per heavy atom. The summed E-state index contributed by atoms with van der Waals surface area (Å²) in [5.74, 6) is 1.12. The van der Waals surface area contributed by atoms with Gasteiger partial charge < -0.3 is 4.74 Å². The first kappa shape index (κ1) is 22.9. The van der Waals surface area contributed by atoms with E-state index in [4.69, 9.17) is 9.72 Å². The van der Waals surface area contributed by atoms with E-state index in [1.165, 1.54) is 11.1 Å². The average Bonchev–Trinajstić information content (AvgIpc) is 3.19. The molecule has 2 aliphatic heterocycles. The average molecular weight is 456 g/mol. The summed E-state index contributed by atoms with van der Waals surface area (Å²) in [4.78, 5) is 25.3. The van der Waals surface area contributed by atoms with Crippen LogP contribution in [0.25, 0.3) is 11.3 Å². The maximum Gasteiger partial charge on any atom is 0.150 e. The highest BCUT2D eigenvalue weighted by atomic mass is 16.5. The summed E-state index contributed by atoms with van der Waals surface area (Å²) >= 11 is 0. The largest absolute Gasteiger partial charge is 0.371 e. The van der Waals surface area contributed by atoms with Gasteiger partial charge in [0.05, 0.1) is 23.4 Å². The van der Waals surface area contributed by atoms with Crippen molar-refractivity contribution in [3.05, 3.63) is 83.3 Å². The molecule has 5 heteroatoms. The van der Waals surface area contributed by atoms with Crippen molar-refractivity contribution in [1.29, 1.82) is 0 Å². The van der Waals surface area contributed by atoms with E-state index in [9.17, 15) is 4.79 Å². The Morgan fingerprint density at radius 2 is 1.82 bits per heavy atom. The van der Waals surface area contributed by atoms with Crippen molar-refractivity contribution in [3.8, 4) is 11.3 Å². The number of hydrogen-bond acceptors (Lipinski definition) is 5. The summed E-state index contributed by atoms with van der Waals surface area (Å²) in [7, 11) is 0. The number of ketones is 1. The third kappa shape index (κ3) is 5.26. The first-order valence-electron chi connectivity index (χ1n) is 12.3. The molecule has 3 aromatic rings. The van der Waals surface area contributed by atoms with Gasteiger partial charge in [0.25, 0.3) is 0 Å². The topological polar surface area (TPSA) is 55.3 Å². The minimum atomic E-state index is -0.230. The van der Waals surface area contributed by atoms with Gasteiger partial charge in [-0.15, -0.1) is 0 Å². The van der Waals surface area contributed by atoms with Crippen LogP contribution in [0.5, 0.6) is 0 Å². The Balaban J connectivity index is 1.53. The SMILES string of the molecule is CC(C)(C)O[C@@H]1C[C@@H]2C(=O)CCc3cccc(c3)-c3ccnc(n3)Cc3ccccc3CN2C1. The van der Waals surface area contributed by atoms with Gasteiger partial charge in [-0.25, -0.2) is 9.97 Å². The van der Waals surface area contributed by atoms with Gasteiger partial charge in [-0.2, -0.15) is 0 Å². The van der Waals surface area contributed by atoms with Gasteiger partial charge in [0, 0.05) is 37.7 Å². The highest BCUT2D eigenvalue weighted by molar-refractivity contribution is 5.84. The quantitative estimate of drug-likeness (QED) is 0.516. The van der Waals surface area contributed by atoms with Crippen LogP contribution >= 0.6 is 0 Å². The number of fused-ring (bicyclic) bond motifs is 7. The van der Waals surface area contributed by atoms with E-state index in [-0.39, 0.29) is 17.7 Å². The second kappa shape index (κ2) is 9.40. The molecule has 3 heterocycles. The Bertz CT molecular complexity index is 1180. The monoisotopic (exact) mass is 455 g/mol. The zero-order valence-electron chi connectivity index (χ0n) is 20.3. The predicted octanol–water partition coefficient (Wildman–Crippen LogP) is 5.01. The van der Waals surface area contributed by atoms with Crippen LogP contribution in [0.15, 0.2) is 60.8 Å². The first-order chi connectivity index (χ1) is 16.3. The Hall–Kier alpha value is -2.89. The minimum absolute atomic E-state index is 0.0586. The predicted molar refractivity (Wildman–Crippen MR) is 133 cm³/mol. The number of Topliss-reactive ketones (excluding diaryl/α,β-unsaturated/α-hetero) is 1. The Labute approximate surface area is 202 Å². The van der Waals surface area contributed by atoms with E-state index in [1.54, 1.807) is 0 Å². The number of carbonyl (C=O) groups is 1. The lowest BCUT2D eigenvalue weighted by Gasteiger charge is -2.25. The number of aromatic nitrogens is 2. The number of nitrogens with zero attached hydrogens (tertiary/aromatic N) is 3. The zero-order valence-corrected chi connectivity index (χ0v) is 20.3. The van der Waals surface area contributed by atoms with Crippen LogP contribution in [0.3, 0.4) is 0 Å². The Morgan fingerprint density at radius 3 is 2.65 bits per heavy atom. The molecular formula is C29H33N3O2. The minimum Gasteiger partial charge on any atom is -0.371 e. The third-order valence-corrected chi connectivity index (χ3v) is 6.69. The zero-order chi connectivity index (χ0) is 23.7. The smallest absolute Gasteiger partial charge is 0.150 e. The summed E-state index contributed by atoms with van der Waals surface area (Å²) in [5, 5.41) is 0. The van der Waals surface area contributed by atoms with Crippen LogP contribution in [0.1, 0.15) is 56.1 Å². The summed E-state index contributed by atoms with van der Waals surface area (Å²) in [6, 6.07) is 18.7. The lowest BCUT2D eigenvalue weighted by molar-refractivity contribution is -0.123. The number of hydrogen-bond donors (Lipinski definition) is 0.